The van der Waals surface area contributed by atoms with Gasteiger partial charge in [-0.1, -0.05) is 43.9 Å². The van der Waals surface area contributed by atoms with Crippen LogP contribution in [-0.4, -0.2) is 25.0 Å². The lowest BCUT2D eigenvalue weighted by Crippen LogP contribution is -2.27. The number of benzene rings is 1. The average molecular weight is 312 g/mol. The van der Waals surface area contributed by atoms with Crippen molar-refractivity contribution in [2.45, 2.75) is 39.0 Å². The molecular formula is C16H22ClNO3. The van der Waals surface area contributed by atoms with E-state index >= 15 is 0 Å². The van der Waals surface area contributed by atoms with Gasteiger partial charge in [-0.2, -0.15) is 0 Å². The molecule has 1 aromatic rings. The van der Waals surface area contributed by atoms with Crippen molar-refractivity contribution in [1.29, 1.82) is 0 Å². The third-order valence-electron chi connectivity index (χ3n) is 2.98. The maximum absolute atomic E-state index is 11.7. The van der Waals surface area contributed by atoms with Crippen molar-refractivity contribution in [3.05, 3.63) is 34.9 Å². The van der Waals surface area contributed by atoms with Gasteiger partial charge in [0.25, 0.3) is 0 Å². The summed E-state index contributed by atoms with van der Waals surface area (Å²) in [6.07, 6.45) is 4.82. The molecule has 116 valence electrons. The van der Waals surface area contributed by atoms with Crippen LogP contribution in [0.4, 0.5) is 0 Å². The second-order valence-corrected chi connectivity index (χ2v) is 5.24. The second kappa shape index (κ2) is 10.2. The molecule has 1 N–H and O–H groups in total. The number of rotatable bonds is 9. The Bertz CT molecular complexity index is 463. The molecule has 4 nitrogen and oxygen atoms in total. The Morgan fingerprint density at radius 3 is 2.76 bits per heavy atom. The zero-order valence-electron chi connectivity index (χ0n) is 12.4. The van der Waals surface area contributed by atoms with Crippen molar-refractivity contribution in [2.24, 2.45) is 0 Å². The van der Waals surface area contributed by atoms with Crippen LogP contribution in [0.2, 0.25) is 5.02 Å². The third kappa shape index (κ3) is 7.71. The zero-order chi connectivity index (χ0) is 15.5. The number of halogens is 1. The quantitative estimate of drug-likeness (QED) is 0.560. The molecule has 0 aromatic heterocycles. The summed E-state index contributed by atoms with van der Waals surface area (Å²) in [6.45, 7) is 2.62. The van der Waals surface area contributed by atoms with E-state index in [1.54, 1.807) is 24.3 Å². The van der Waals surface area contributed by atoms with E-state index in [4.69, 9.17) is 16.3 Å². The maximum atomic E-state index is 11.7. The molecule has 0 fully saturated rings. The number of unbranched alkanes of at least 4 members (excludes halogenated alkanes) is 3. The van der Waals surface area contributed by atoms with Crippen LogP contribution >= 0.6 is 11.6 Å². The van der Waals surface area contributed by atoms with Crippen LogP contribution in [0.3, 0.4) is 0 Å². The monoisotopic (exact) mass is 311 g/mol. The lowest BCUT2D eigenvalue weighted by molar-refractivity contribution is -0.121. The summed E-state index contributed by atoms with van der Waals surface area (Å²) in [5.74, 6) is -0.431. The third-order valence-corrected chi connectivity index (χ3v) is 3.21. The smallest absolute Gasteiger partial charge is 0.338 e. The topological polar surface area (TPSA) is 55.4 Å². The predicted molar refractivity (Wildman–Crippen MR) is 83.5 cm³/mol. The van der Waals surface area contributed by atoms with Gasteiger partial charge in [-0.3, -0.25) is 4.79 Å². The van der Waals surface area contributed by atoms with Gasteiger partial charge in [0.05, 0.1) is 12.1 Å². The first-order chi connectivity index (χ1) is 10.1. The van der Waals surface area contributed by atoms with Gasteiger partial charge in [0.15, 0.2) is 0 Å². The Labute approximate surface area is 130 Å². The fourth-order valence-electron chi connectivity index (χ4n) is 1.83. The first-order valence-electron chi connectivity index (χ1n) is 7.33. The van der Waals surface area contributed by atoms with Crippen molar-refractivity contribution in [2.75, 3.05) is 13.2 Å². The van der Waals surface area contributed by atoms with Crippen molar-refractivity contribution in [1.82, 2.24) is 5.32 Å². The van der Waals surface area contributed by atoms with Crippen LogP contribution in [-0.2, 0) is 9.53 Å². The van der Waals surface area contributed by atoms with Gasteiger partial charge >= 0.3 is 5.97 Å². The van der Waals surface area contributed by atoms with Crippen LogP contribution in [0.5, 0.6) is 0 Å². The van der Waals surface area contributed by atoms with Crippen molar-refractivity contribution in [3.8, 4) is 0 Å². The minimum absolute atomic E-state index is 0.00454. The number of esters is 1. The molecule has 0 bridgehead atoms. The largest absolute Gasteiger partial charge is 0.460 e. The van der Waals surface area contributed by atoms with E-state index < -0.39 is 5.97 Å². The molecule has 5 heteroatoms. The van der Waals surface area contributed by atoms with E-state index in [0.29, 0.717) is 23.6 Å². The SMILES string of the molecule is CCCCCCC(=O)NCCOC(=O)c1cccc(Cl)c1. The Morgan fingerprint density at radius 1 is 1.24 bits per heavy atom. The summed E-state index contributed by atoms with van der Waals surface area (Å²) < 4.78 is 5.06. The van der Waals surface area contributed by atoms with Gasteiger partial charge < -0.3 is 10.1 Å². The highest BCUT2D eigenvalue weighted by Gasteiger charge is 2.07. The fourth-order valence-corrected chi connectivity index (χ4v) is 2.02. The minimum Gasteiger partial charge on any atom is -0.460 e. The number of hydrogen-bond acceptors (Lipinski definition) is 3. The molecule has 0 spiro atoms. The molecule has 0 radical (unpaired) electrons. The van der Waals surface area contributed by atoms with E-state index in [1.165, 1.54) is 0 Å². The predicted octanol–water partition coefficient (Wildman–Crippen LogP) is 3.58. The van der Waals surface area contributed by atoms with Crippen LogP contribution in [0, 0.1) is 0 Å². The molecular weight excluding hydrogens is 290 g/mol. The molecule has 0 aliphatic heterocycles. The first-order valence-corrected chi connectivity index (χ1v) is 7.70. The highest BCUT2D eigenvalue weighted by Crippen LogP contribution is 2.11. The zero-order valence-corrected chi connectivity index (χ0v) is 13.1. The fraction of sp³-hybridized carbons (Fsp3) is 0.500. The number of hydrogen-bond donors (Lipinski definition) is 1. The lowest BCUT2D eigenvalue weighted by atomic mass is 10.1. The minimum atomic E-state index is -0.435. The molecule has 1 amide bonds. The van der Waals surface area contributed by atoms with Crippen LogP contribution in [0.1, 0.15) is 49.4 Å². The van der Waals surface area contributed by atoms with E-state index in [2.05, 4.69) is 12.2 Å². The van der Waals surface area contributed by atoms with Crippen LogP contribution in [0.15, 0.2) is 24.3 Å². The van der Waals surface area contributed by atoms with Gasteiger partial charge in [-0.05, 0) is 24.6 Å². The first kappa shape index (κ1) is 17.5. The Kier molecular flexibility index (Phi) is 8.51. The molecule has 0 aliphatic rings. The Morgan fingerprint density at radius 2 is 2.05 bits per heavy atom. The normalized spacial score (nSPS) is 10.2. The molecule has 21 heavy (non-hydrogen) atoms. The summed E-state index contributed by atoms with van der Waals surface area (Å²) in [4.78, 5) is 23.2. The van der Waals surface area contributed by atoms with Crippen molar-refractivity contribution < 1.29 is 14.3 Å². The van der Waals surface area contributed by atoms with Gasteiger partial charge in [0, 0.05) is 11.4 Å². The molecule has 0 heterocycles. The summed E-state index contributed by atoms with van der Waals surface area (Å²) in [5.41, 5.74) is 0.411. The highest BCUT2D eigenvalue weighted by molar-refractivity contribution is 6.30. The van der Waals surface area contributed by atoms with Gasteiger partial charge in [-0.15, -0.1) is 0 Å². The average Bonchev–Trinajstić information content (AvgIpc) is 2.48. The van der Waals surface area contributed by atoms with Crippen molar-refractivity contribution >= 4 is 23.5 Å². The summed E-state index contributed by atoms with van der Waals surface area (Å²) in [7, 11) is 0. The van der Waals surface area contributed by atoms with Crippen LogP contribution in [0.25, 0.3) is 0 Å². The number of ether oxygens (including phenoxy) is 1. The Balaban J connectivity index is 2.13. The number of carbonyl (C=O) groups is 2. The Hall–Kier alpha value is -1.55. The maximum Gasteiger partial charge on any atom is 0.338 e. The molecule has 1 rings (SSSR count). The standard InChI is InChI=1S/C16H22ClNO3/c1-2-3-4-5-9-15(19)18-10-11-21-16(20)13-7-6-8-14(17)12-13/h6-8,12H,2-5,9-11H2,1H3,(H,18,19). The van der Waals surface area contributed by atoms with E-state index in [1.807, 2.05) is 0 Å². The summed E-state index contributed by atoms with van der Waals surface area (Å²) in [5, 5.41) is 3.23. The van der Waals surface area contributed by atoms with Gasteiger partial charge in [0.2, 0.25) is 5.91 Å². The van der Waals surface area contributed by atoms with Crippen LogP contribution < -0.4 is 5.32 Å². The summed E-state index contributed by atoms with van der Waals surface area (Å²) in [6, 6.07) is 6.57. The van der Waals surface area contributed by atoms with Gasteiger partial charge in [0.1, 0.15) is 6.61 Å². The number of amides is 1. The molecule has 0 aliphatic carbocycles. The molecule has 0 unspecified atom stereocenters. The number of nitrogens with one attached hydrogen (secondary N) is 1. The van der Waals surface area contributed by atoms with E-state index in [-0.39, 0.29) is 12.5 Å². The molecule has 0 atom stereocenters. The lowest BCUT2D eigenvalue weighted by Gasteiger charge is -2.07. The van der Waals surface area contributed by atoms with Crippen molar-refractivity contribution in [3.63, 3.8) is 0 Å². The second-order valence-electron chi connectivity index (χ2n) is 4.81. The van der Waals surface area contributed by atoms with E-state index in [9.17, 15) is 9.59 Å². The van der Waals surface area contributed by atoms with E-state index in [0.717, 1.165) is 25.7 Å². The van der Waals surface area contributed by atoms with Gasteiger partial charge in [-0.25, -0.2) is 4.79 Å². The molecule has 0 saturated heterocycles. The molecule has 0 saturated carbocycles. The summed E-state index contributed by atoms with van der Waals surface area (Å²) >= 11 is 5.80. The highest BCUT2D eigenvalue weighted by atomic mass is 35.5. The molecule has 1 aromatic carbocycles. The number of carbonyl (C=O) groups excluding carboxylic acids is 2.